The first kappa shape index (κ1) is 17.6. The molecule has 2 aliphatic rings. The summed E-state index contributed by atoms with van der Waals surface area (Å²) < 4.78 is 1.46. The van der Waals surface area contributed by atoms with Gasteiger partial charge in [0.05, 0.1) is 12.2 Å². The van der Waals surface area contributed by atoms with E-state index in [-0.39, 0.29) is 18.0 Å². The van der Waals surface area contributed by atoms with Crippen molar-refractivity contribution in [3.8, 4) is 0 Å². The summed E-state index contributed by atoms with van der Waals surface area (Å²) in [6.07, 6.45) is 3.94. The lowest BCUT2D eigenvalue weighted by Crippen LogP contribution is -2.46. The minimum atomic E-state index is -1.02. The van der Waals surface area contributed by atoms with Gasteiger partial charge in [-0.15, -0.1) is 0 Å². The monoisotopic (exact) mass is 388 g/mol. The third-order valence-electron chi connectivity index (χ3n) is 5.91. The molecule has 2 aromatic heterocycles. The second-order valence-electron chi connectivity index (χ2n) is 7.71. The smallest absolute Gasteiger partial charge is 0.319 e. The number of carbonyl (C=O) groups is 2. The number of aryl methyl sites for hydroxylation is 2. The Balaban J connectivity index is 1.54. The average molecular weight is 388 g/mol. The van der Waals surface area contributed by atoms with Crippen LogP contribution in [0.25, 0.3) is 5.65 Å². The summed E-state index contributed by atoms with van der Waals surface area (Å²) >= 11 is 0. The van der Waals surface area contributed by atoms with Gasteiger partial charge in [-0.2, -0.15) is 0 Å². The molecule has 29 heavy (non-hydrogen) atoms. The number of aromatic nitrogens is 2. The molecule has 1 fully saturated rings. The molecule has 5 rings (SSSR count). The standard InChI is InChI=1S/C22H20N4O3/c1-14-6-5-11-25-18(27)12-16(23-19(14)25)13-26-20(28)22(24-21(26)29)10-4-8-15-7-2-3-9-17(15)22/h2-3,5-7,9,11-12H,4,8,10,13H2,1H3,(H,24,29)/t22-/m1/s1. The van der Waals surface area contributed by atoms with Gasteiger partial charge in [-0.1, -0.05) is 30.3 Å². The van der Waals surface area contributed by atoms with Crippen molar-refractivity contribution in [2.75, 3.05) is 0 Å². The van der Waals surface area contributed by atoms with E-state index in [1.54, 1.807) is 12.3 Å². The third kappa shape index (κ3) is 2.57. The quantitative estimate of drug-likeness (QED) is 0.683. The highest BCUT2D eigenvalue weighted by molar-refractivity contribution is 6.07. The first-order valence-electron chi connectivity index (χ1n) is 9.70. The summed E-state index contributed by atoms with van der Waals surface area (Å²) in [5.74, 6) is -0.276. The molecule has 3 aromatic rings. The Kier molecular flexibility index (Phi) is 3.81. The van der Waals surface area contributed by atoms with Crippen LogP contribution in [0.2, 0.25) is 0 Å². The Hall–Kier alpha value is -3.48. The van der Waals surface area contributed by atoms with Gasteiger partial charge in [0, 0.05) is 12.3 Å². The first-order valence-corrected chi connectivity index (χ1v) is 9.70. The van der Waals surface area contributed by atoms with Crippen molar-refractivity contribution in [2.45, 2.75) is 38.3 Å². The van der Waals surface area contributed by atoms with Crippen LogP contribution in [-0.2, 0) is 23.3 Å². The topological polar surface area (TPSA) is 83.8 Å². The van der Waals surface area contributed by atoms with E-state index < -0.39 is 11.6 Å². The lowest BCUT2D eigenvalue weighted by atomic mass is 9.76. The molecule has 7 heteroatoms. The molecular weight excluding hydrogens is 368 g/mol. The number of carbonyl (C=O) groups excluding carboxylic acids is 2. The van der Waals surface area contributed by atoms with E-state index in [0.29, 0.717) is 17.8 Å². The lowest BCUT2D eigenvalue weighted by molar-refractivity contribution is -0.132. The zero-order valence-electron chi connectivity index (χ0n) is 16.0. The maximum absolute atomic E-state index is 13.4. The molecule has 0 unspecified atom stereocenters. The molecule has 1 spiro atoms. The van der Waals surface area contributed by atoms with E-state index in [0.717, 1.165) is 29.5 Å². The van der Waals surface area contributed by atoms with Gasteiger partial charge in [0.25, 0.3) is 11.5 Å². The number of nitrogens with one attached hydrogen (secondary N) is 1. The van der Waals surface area contributed by atoms with Gasteiger partial charge in [-0.25, -0.2) is 9.78 Å². The predicted molar refractivity (Wildman–Crippen MR) is 106 cm³/mol. The fourth-order valence-electron chi connectivity index (χ4n) is 4.51. The molecule has 1 aliphatic heterocycles. The van der Waals surface area contributed by atoms with Gasteiger partial charge >= 0.3 is 6.03 Å². The van der Waals surface area contributed by atoms with Crippen LogP contribution in [0.3, 0.4) is 0 Å². The fraction of sp³-hybridized carbons (Fsp3) is 0.273. The van der Waals surface area contributed by atoms with Crippen LogP contribution in [0.4, 0.5) is 4.79 Å². The van der Waals surface area contributed by atoms with E-state index in [9.17, 15) is 14.4 Å². The van der Waals surface area contributed by atoms with Gasteiger partial charge < -0.3 is 5.32 Å². The van der Waals surface area contributed by atoms with Gasteiger partial charge in [-0.3, -0.25) is 18.9 Å². The second-order valence-corrected chi connectivity index (χ2v) is 7.71. The SMILES string of the molecule is Cc1cccn2c(=O)cc(CN3C(=O)N[C@@]4(CCCc5ccccc54)C3=O)nc12. The van der Waals surface area contributed by atoms with Gasteiger partial charge in [-0.05, 0) is 48.9 Å². The third-order valence-corrected chi connectivity index (χ3v) is 5.91. The summed E-state index contributed by atoms with van der Waals surface area (Å²) in [5, 5.41) is 2.94. The van der Waals surface area contributed by atoms with Crippen molar-refractivity contribution < 1.29 is 9.59 Å². The highest BCUT2D eigenvalue weighted by Gasteiger charge is 2.53. The minimum absolute atomic E-state index is 0.0331. The Bertz CT molecular complexity index is 1230. The molecule has 0 saturated carbocycles. The number of hydrogen-bond donors (Lipinski definition) is 1. The largest absolute Gasteiger partial charge is 0.325 e. The van der Waals surface area contributed by atoms with Crippen molar-refractivity contribution in [1.82, 2.24) is 19.6 Å². The number of hydrogen-bond acceptors (Lipinski definition) is 4. The Morgan fingerprint density at radius 1 is 1.14 bits per heavy atom. The normalized spacial score (nSPS) is 20.9. The van der Waals surface area contributed by atoms with Crippen LogP contribution < -0.4 is 10.9 Å². The maximum Gasteiger partial charge on any atom is 0.325 e. The number of benzene rings is 1. The lowest BCUT2D eigenvalue weighted by Gasteiger charge is -2.33. The average Bonchev–Trinajstić information content (AvgIpc) is 2.94. The van der Waals surface area contributed by atoms with E-state index in [1.807, 2.05) is 37.3 Å². The summed E-state index contributed by atoms with van der Waals surface area (Å²) in [6, 6.07) is 12.4. The van der Waals surface area contributed by atoms with Crippen LogP contribution in [-0.4, -0.2) is 26.2 Å². The van der Waals surface area contributed by atoms with Crippen LogP contribution in [0, 0.1) is 6.92 Å². The van der Waals surface area contributed by atoms with Gasteiger partial charge in [0.1, 0.15) is 11.2 Å². The number of urea groups is 1. The molecule has 1 N–H and O–H groups in total. The van der Waals surface area contributed by atoms with Crippen molar-refractivity contribution in [3.05, 3.63) is 81.4 Å². The van der Waals surface area contributed by atoms with Crippen LogP contribution in [0.15, 0.2) is 53.5 Å². The Morgan fingerprint density at radius 3 is 2.83 bits per heavy atom. The number of rotatable bonds is 2. The van der Waals surface area contributed by atoms with Crippen LogP contribution in [0.1, 0.15) is 35.2 Å². The molecular formula is C22H20N4O3. The maximum atomic E-state index is 13.4. The highest BCUT2D eigenvalue weighted by Crippen LogP contribution is 2.40. The molecule has 3 heterocycles. The number of nitrogens with zero attached hydrogens (tertiary/aromatic N) is 3. The summed E-state index contributed by atoms with van der Waals surface area (Å²) in [6.45, 7) is 1.84. The van der Waals surface area contributed by atoms with Crippen molar-refractivity contribution in [1.29, 1.82) is 0 Å². The summed E-state index contributed by atoms with van der Waals surface area (Å²) in [5.41, 5.74) is 2.48. The molecule has 3 amide bonds. The number of pyridine rings is 1. The molecule has 1 aromatic carbocycles. The molecule has 1 saturated heterocycles. The van der Waals surface area contributed by atoms with Crippen molar-refractivity contribution >= 4 is 17.6 Å². The molecule has 0 radical (unpaired) electrons. The molecule has 7 nitrogen and oxygen atoms in total. The van der Waals surface area contributed by atoms with E-state index >= 15 is 0 Å². The van der Waals surface area contributed by atoms with Gasteiger partial charge in [0.15, 0.2) is 0 Å². The summed E-state index contributed by atoms with van der Waals surface area (Å²) in [7, 11) is 0. The summed E-state index contributed by atoms with van der Waals surface area (Å²) in [4.78, 5) is 44.4. The number of fused-ring (bicyclic) bond motifs is 3. The van der Waals surface area contributed by atoms with E-state index in [4.69, 9.17) is 0 Å². The Labute approximate surface area is 167 Å². The molecule has 1 atom stereocenters. The first-order chi connectivity index (χ1) is 14.0. The van der Waals surface area contributed by atoms with Gasteiger partial charge in [0.2, 0.25) is 0 Å². The minimum Gasteiger partial charge on any atom is -0.319 e. The van der Waals surface area contributed by atoms with Crippen LogP contribution in [0.5, 0.6) is 0 Å². The fourth-order valence-corrected chi connectivity index (χ4v) is 4.51. The predicted octanol–water partition coefficient (Wildman–Crippen LogP) is 2.29. The van der Waals surface area contributed by atoms with Crippen LogP contribution >= 0.6 is 0 Å². The van der Waals surface area contributed by atoms with E-state index in [2.05, 4.69) is 10.3 Å². The van der Waals surface area contributed by atoms with Crippen molar-refractivity contribution in [3.63, 3.8) is 0 Å². The number of imide groups is 1. The molecule has 1 aliphatic carbocycles. The van der Waals surface area contributed by atoms with E-state index in [1.165, 1.54) is 15.4 Å². The highest BCUT2D eigenvalue weighted by atomic mass is 16.2. The second kappa shape index (κ2) is 6.27. The number of amides is 3. The Morgan fingerprint density at radius 2 is 1.97 bits per heavy atom. The molecule has 146 valence electrons. The zero-order chi connectivity index (χ0) is 20.2. The zero-order valence-corrected chi connectivity index (χ0v) is 16.0. The van der Waals surface area contributed by atoms with Crippen molar-refractivity contribution in [2.24, 2.45) is 0 Å². The molecule has 0 bridgehead atoms.